The highest BCUT2D eigenvalue weighted by molar-refractivity contribution is 7.89. The summed E-state index contributed by atoms with van der Waals surface area (Å²) in [5, 5.41) is 7.72. The fourth-order valence-corrected chi connectivity index (χ4v) is 3.95. The molecular formula is C21H15F2N3O4S. The Morgan fingerprint density at radius 2 is 1.71 bits per heavy atom. The Bertz CT molecular complexity index is 1310. The molecule has 1 aliphatic heterocycles. The normalized spacial score (nSPS) is 15.9. The number of rotatable bonds is 3. The summed E-state index contributed by atoms with van der Waals surface area (Å²) in [4.78, 5) is 27.0. The topological polar surface area (TPSA) is 110 Å². The van der Waals surface area contributed by atoms with Gasteiger partial charge in [0, 0.05) is 0 Å². The van der Waals surface area contributed by atoms with Gasteiger partial charge < -0.3 is 5.32 Å². The lowest BCUT2D eigenvalue weighted by atomic mass is 9.98. The van der Waals surface area contributed by atoms with Gasteiger partial charge in [0.05, 0.1) is 21.8 Å². The summed E-state index contributed by atoms with van der Waals surface area (Å²) in [6, 6.07) is 13.0. The summed E-state index contributed by atoms with van der Waals surface area (Å²) in [5.41, 5.74) is -0.0492. The molecular weight excluding hydrogens is 428 g/mol. The summed E-state index contributed by atoms with van der Waals surface area (Å²) in [6.45, 7) is 0. The van der Waals surface area contributed by atoms with E-state index in [0.29, 0.717) is 5.56 Å². The molecule has 10 heteroatoms. The van der Waals surface area contributed by atoms with Gasteiger partial charge in [-0.3, -0.25) is 14.5 Å². The molecule has 0 fully saturated rings. The number of anilines is 2. The van der Waals surface area contributed by atoms with E-state index in [1.807, 2.05) is 0 Å². The van der Waals surface area contributed by atoms with Crippen LogP contribution in [-0.2, 0) is 14.8 Å². The minimum absolute atomic E-state index is 0.00568. The van der Waals surface area contributed by atoms with E-state index < -0.39 is 45.1 Å². The molecule has 1 heterocycles. The van der Waals surface area contributed by atoms with Crippen LogP contribution in [-0.4, -0.2) is 20.2 Å². The number of hydrogen-bond donors (Lipinski definition) is 2. The molecule has 0 saturated carbocycles. The summed E-state index contributed by atoms with van der Waals surface area (Å²) in [6.07, 6.45) is 0. The zero-order valence-electron chi connectivity index (χ0n) is 15.7. The Morgan fingerprint density at radius 3 is 2.39 bits per heavy atom. The average molecular weight is 443 g/mol. The van der Waals surface area contributed by atoms with Crippen LogP contribution in [0.3, 0.4) is 0 Å². The van der Waals surface area contributed by atoms with Crippen molar-refractivity contribution >= 4 is 33.2 Å². The number of nitrogens with one attached hydrogen (secondary N) is 1. The van der Waals surface area contributed by atoms with Crippen LogP contribution in [0.2, 0.25) is 0 Å². The number of halogens is 2. The number of nitrogens with two attached hydrogens (primary N) is 1. The van der Waals surface area contributed by atoms with Crippen molar-refractivity contribution < 1.29 is 26.8 Å². The predicted molar refractivity (Wildman–Crippen MR) is 109 cm³/mol. The molecule has 1 aliphatic rings. The Kier molecular flexibility index (Phi) is 5.03. The second-order valence-electron chi connectivity index (χ2n) is 6.83. The number of sulfonamides is 1. The third-order valence-corrected chi connectivity index (χ3v) is 5.72. The standard InChI is InChI=1S/C21H15F2N3O4S/c22-13-6-8-16(23)15(10-13)21(28)26-18-9-7-14(31(24,29)30)11-17(18)25-20(27)19(26)12-4-2-1-3-5-12/h1-11,19H,(H,25,27)(H2,24,29,30). The first-order valence-corrected chi connectivity index (χ1v) is 10.5. The molecule has 7 nitrogen and oxygen atoms in total. The average Bonchev–Trinajstić information content (AvgIpc) is 2.73. The molecule has 1 atom stereocenters. The van der Waals surface area contributed by atoms with Crippen LogP contribution in [0.4, 0.5) is 20.2 Å². The SMILES string of the molecule is NS(=O)(=O)c1ccc2c(c1)NC(=O)C(c1ccccc1)N2C(=O)c1cc(F)ccc1F. The zero-order chi connectivity index (χ0) is 22.3. The summed E-state index contributed by atoms with van der Waals surface area (Å²) in [7, 11) is -4.09. The monoisotopic (exact) mass is 443 g/mol. The van der Waals surface area contributed by atoms with Gasteiger partial charge in [0.1, 0.15) is 17.7 Å². The fourth-order valence-electron chi connectivity index (χ4n) is 3.41. The molecule has 3 N–H and O–H groups in total. The van der Waals surface area contributed by atoms with Crippen molar-refractivity contribution in [2.45, 2.75) is 10.9 Å². The molecule has 0 spiro atoms. The molecule has 0 aromatic heterocycles. The van der Waals surface area contributed by atoms with E-state index in [0.717, 1.165) is 35.2 Å². The molecule has 3 aromatic carbocycles. The van der Waals surface area contributed by atoms with Crippen molar-refractivity contribution in [3.63, 3.8) is 0 Å². The molecule has 158 valence electrons. The van der Waals surface area contributed by atoms with Crippen LogP contribution >= 0.6 is 0 Å². The lowest BCUT2D eigenvalue weighted by Gasteiger charge is -2.37. The molecule has 4 rings (SSSR count). The Labute approximate surface area is 176 Å². The van der Waals surface area contributed by atoms with E-state index in [1.165, 1.54) is 6.07 Å². The number of carbonyl (C=O) groups excluding carboxylic acids is 2. The van der Waals surface area contributed by atoms with Crippen molar-refractivity contribution in [1.29, 1.82) is 0 Å². The first-order chi connectivity index (χ1) is 14.7. The summed E-state index contributed by atoms with van der Waals surface area (Å²) < 4.78 is 51.5. The molecule has 2 amide bonds. The van der Waals surface area contributed by atoms with E-state index in [-0.39, 0.29) is 16.3 Å². The number of benzene rings is 3. The highest BCUT2D eigenvalue weighted by atomic mass is 32.2. The first kappa shape index (κ1) is 20.6. The van der Waals surface area contributed by atoms with Gasteiger partial charge in [0.15, 0.2) is 0 Å². The van der Waals surface area contributed by atoms with Crippen molar-refractivity contribution in [3.05, 3.63) is 89.5 Å². The number of fused-ring (bicyclic) bond motifs is 1. The summed E-state index contributed by atoms with van der Waals surface area (Å²) >= 11 is 0. The van der Waals surface area contributed by atoms with E-state index >= 15 is 0 Å². The maximum absolute atomic E-state index is 14.4. The van der Waals surface area contributed by atoms with Gasteiger partial charge >= 0.3 is 0 Å². The Balaban J connectivity index is 1.93. The summed E-state index contributed by atoms with van der Waals surface area (Å²) in [5.74, 6) is -3.42. The fraction of sp³-hybridized carbons (Fsp3) is 0.0476. The second kappa shape index (κ2) is 7.56. The van der Waals surface area contributed by atoms with E-state index in [2.05, 4.69) is 5.32 Å². The number of nitrogens with zero attached hydrogens (tertiary/aromatic N) is 1. The molecule has 1 unspecified atom stereocenters. The predicted octanol–water partition coefficient (Wildman–Crippen LogP) is 2.95. The minimum Gasteiger partial charge on any atom is -0.322 e. The third kappa shape index (κ3) is 3.78. The highest BCUT2D eigenvalue weighted by Crippen LogP contribution is 2.40. The lowest BCUT2D eigenvalue weighted by Crippen LogP contribution is -2.45. The van der Waals surface area contributed by atoms with Crippen LogP contribution < -0.4 is 15.4 Å². The smallest absolute Gasteiger partial charge is 0.262 e. The van der Waals surface area contributed by atoms with Crippen LogP contribution in [0.5, 0.6) is 0 Å². The number of primary sulfonamides is 1. The van der Waals surface area contributed by atoms with E-state index in [9.17, 15) is 26.8 Å². The van der Waals surface area contributed by atoms with Crippen molar-refractivity contribution in [2.24, 2.45) is 5.14 Å². The van der Waals surface area contributed by atoms with Gasteiger partial charge in [-0.05, 0) is 42.0 Å². The number of hydrogen-bond acceptors (Lipinski definition) is 4. The quantitative estimate of drug-likeness (QED) is 0.649. The Hall–Kier alpha value is -3.63. The van der Waals surface area contributed by atoms with Crippen LogP contribution in [0.25, 0.3) is 0 Å². The molecule has 0 saturated heterocycles. The molecule has 0 bridgehead atoms. The van der Waals surface area contributed by atoms with Gasteiger partial charge in [-0.1, -0.05) is 30.3 Å². The number of amides is 2. The van der Waals surface area contributed by atoms with Crippen LogP contribution in [0.1, 0.15) is 22.0 Å². The lowest BCUT2D eigenvalue weighted by molar-refractivity contribution is -0.117. The van der Waals surface area contributed by atoms with Gasteiger partial charge in [-0.2, -0.15) is 0 Å². The zero-order valence-corrected chi connectivity index (χ0v) is 16.6. The molecule has 0 radical (unpaired) electrons. The van der Waals surface area contributed by atoms with Crippen molar-refractivity contribution in [1.82, 2.24) is 0 Å². The Morgan fingerprint density at radius 1 is 1.00 bits per heavy atom. The maximum atomic E-state index is 14.4. The van der Waals surface area contributed by atoms with E-state index in [1.54, 1.807) is 30.3 Å². The first-order valence-electron chi connectivity index (χ1n) is 8.98. The van der Waals surface area contributed by atoms with Crippen molar-refractivity contribution in [2.75, 3.05) is 10.2 Å². The number of carbonyl (C=O) groups is 2. The van der Waals surface area contributed by atoms with Gasteiger partial charge in [0.2, 0.25) is 10.0 Å². The minimum atomic E-state index is -4.09. The van der Waals surface area contributed by atoms with Crippen LogP contribution in [0.15, 0.2) is 71.6 Å². The van der Waals surface area contributed by atoms with E-state index in [4.69, 9.17) is 5.14 Å². The molecule has 31 heavy (non-hydrogen) atoms. The highest BCUT2D eigenvalue weighted by Gasteiger charge is 2.39. The van der Waals surface area contributed by atoms with Gasteiger partial charge in [-0.15, -0.1) is 0 Å². The van der Waals surface area contributed by atoms with Gasteiger partial charge in [0.25, 0.3) is 11.8 Å². The van der Waals surface area contributed by atoms with Crippen molar-refractivity contribution in [3.8, 4) is 0 Å². The maximum Gasteiger partial charge on any atom is 0.262 e. The van der Waals surface area contributed by atoms with Gasteiger partial charge in [-0.25, -0.2) is 22.3 Å². The molecule has 3 aromatic rings. The molecule has 0 aliphatic carbocycles. The van der Waals surface area contributed by atoms with Crippen LogP contribution in [0, 0.1) is 11.6 Å². The second-order valence-corrected chi connectivity index (χ2v) is 8.39. The largest absolute Gasteiger partial charge is 0.322 e. The third-order valence-electron chi connectivity index (χ3n) is 4.81.